The third-order valence-electron chi connectivity index (χ3n) is 11.3. The molecule has 0 atom stereocenters. The average molecular weight is 863 g/mol. The summed E-state index contributed by atoms with van der Waals surface area (Å²) in [5.74, 6) is 1.46. The van der Waals surface area contributed by atoms with Crippen LogP contribution in [0.15, 0.2) is 218 Å². The van der Waals surface area contributed by atoms with Gasteiger partial charge in [0.1, 0.15) is 24.7 Å². The summed E-state index contributed by atoms with van der Waals surface area (Å²) in [6, 6.07) is 75.3. The number of fused-ring (bicyclic) bond motifs is 3. The van der Waals surface area contributed by atoms with Crippen molar-refractivity contribution in [2.24, 2.45) is 0 Å². The molecule has 1 aliphatic rings. The molecule has 0 fully saturated rings. The van der Waals surface area contributed by atoms with E-state index in [0.717, 1.165) is 48.3 Å². The Bertz CT molecular complexity index is 2210. The lowest BCUT2D eigenvalue weighted by molar-refractivity contribution is 0.201. The average Bonchev–Trinajstić information content (AvgIpc) is 3.70. The maximum absolute atomic E-state index is 9.09. The van der Waals surface area contributed by atoms with Crippen LogP contribution in [0.25, 0.3) is 11.1 Å². The smallest absolute Gasteiger partial charge is 0.119 e. The molecule has 8 aromatic rings. The first-order chi connectivity index (χ1) is 32.0. The van der Waals surface area contributed by atoms with Gasteiger partial charge in [0.2, 0.25) is 0 Å². The van der Waals surface area contributed by atoms with Crippen LogP contribution in [0.3, 0.4) is 0 Å². The highest BCUT2D eigenvalue weighted by Gasteiger charge is 2.45. The van der Waals surface area contributed by atoms with E-state index in [1.54, 1.807) is 0 Å². The van der Waals surface area contributed by atoms with Crippen molar-refractivity contribution in [3.8, 4) is 22.6 Å². The molecule has 0 spiro atoms. The Morgan fingerprint density at radius 2 is 0.585 bits per heavy atom. The monoisotopic (exact) mass is 862 g/mol. The molecule has 0 heterocycles. The molecule has 0 bridgehead atoms. The van der Waals surface area contributed by atoms with Gasteiger partial charge in [0.15, 0.2) is 0 Å². The summed E-state index contributed by atoms with van der Waals surface area (Å²) >= 11 is 0. The zero-order chi connectivity index (χ0) is 46.0. The molecule has 0 saturated carbocycles. The van der Waals surface area contributed by atoms with Gasteiger partial charge in [-0.15, -0.1) is 0 Å². The Morgan fingerprint density at radius 1 is 0.323 bits per heavy atom. The molecule has 0 saturated heterocycles. The third-order valence-corrected chi connectivity index (χ3v) is 11.3. The van der Waals surface area contributed by atoms with Crippen LogP contribution in [0, 0.1) is 0 Å². The van der Waals surface area contributed by atoms with E-state index in [0.29, 0.717) is 0 Å². The molecule has 8 aromatic carbocycles. The van der Waals surface area contributed by atoms with Crippen LogP contribution >= 0.6 is 0 Å². The van der Waals surface area contributed by atoms with E-state index in [9.17, 15) is 0 Å². The van der Waals surface area contributed by atoms with Crippen LogP contribution in [0.5, 0.6) is 11.5 Å². The van der Waals surface area contributed by atoms with Crippen molar-refractivity contribution >= 4 is 0 Å². The number of benzene rings is 8. The number of hydrogen-bond acceptors (Lipinski definition) is 4. The zero-order valence-corrected chi connectivity index (χ0v) is 38.7. The summed E-state index contributed by atoms with van der Waals surface area (Å²) in [4.78, 5) is 0. The van der Waals surface area contributed by atoms with Crippen LogP contribution in [0.1, 0.15) is 72.2 Å². The molecule has 4 heteroatoms. The van der Waals surface area contributed by atoms with E-state index in [4.69, 9.17) is 19.7 Å². The summed E-state index contributed by atoms with van der Waals surface area (Å²) < 4.78 is 11.2. The zero-order valence-electron chi connectivity index (χ0n) is 38.7. The van der Waals surface area contributed by atoms with Crippen molar-refractivity contribution < 1.29 is 19.7 Å². The van der Waals surface area contributed by atoms with Crippen LogP contribution < -0.4 is 9.47 Å². The molecule has 9 rings (SSSR count). The van der Waals surface area contributed by atoms with Crippen molar-refractivity contribution in [3.05, 3.63) is 263 Å². The van der Waals surface area contributed by atoms with Gasteiger partial charge in [0.25, 0.3) is 0 Å². The highest BCUT2D eigenvalue weighted by atomic mass is 16.5. The molecule has 0 radical (unpaired) electrons. The number of ether oxygens (including phenoxy) is 2. The van der Waals surface area contributed by atoms with Gasteiger partial charge >= 0.3 is 0 Å². The second kappa shape index (κ2) is 27.5. The number of rotatable bonds is 12. The maximum atomic E-state index is 9.09. The summed E-state index contributed by atoms with van der Waals surface area (Å²) in [6.07, 6.45) is 4.56. The molecule has 0 aliphatic heterocycles. The Kier molecular flexibility index (Phi) is 20.8. The first kappa shape index (κ1) is 49.3. The van der Waals surface area contributed by atoms with Crippen LogP contribution in [-0.4, -0.2) is 36.6 Å². The molecular weight excluding hydrogens is 797 g/mol. The lowest BCUT2D eigenvalue weighted by atomic mass is 9.68. The topological polar surface area (TPSA) is 58.9 Å². The summed E-state index contributed by atoms with van der Waals surface area (Å²) in [5, 5.41) is 18.2. The molecule has 334 valence electrons. The van der Waals surface area contributed by atoms with Crippen molar-refractivity contribution in [2.75, 3.05) is 26.4 Å². The highest BCUT2D eigenvalue weighted by Crippen LogP contribution is 2.56. The molecule has 2 N–H and O–H groups in total. The predicted molar refractivity (Wildman–Crippen MR) is 272 cm³/mol. The molecule has 65 heavy (non-hydrogen) atoms. The molecule has 0 amide bonds. The van der Waals surface area contributed by atoms with E-state index in [1.165, 1.54) is 44.5 Å². The second-order valence-corrected chi connectivity index (χ2v) is 15.4. The normalized spacial score (nSPS) is 11.2. The van der Waals surface area contributed by atoms with Gasteiger partial charge in [-0.3, -0.25) is 0 Å². The number of aliphatic hydroxyl groups is 2. The van der Waals surface area contributed by atoms with Crippen molar-refractivity contribution in [2.45, 2.75) is 58.8 Å². The quantitative estimate of drug-likeness (QED) is 0.128. The van der Waals surface area contributed by atoms with Crippen LogP contribution in [0.4, 0.5) is 0 Å². The largest absolute Gasteiger partial charge is 0.491 e. The minimum atomic E-state index is -0.488. The van der Waals surface area contributed by atoms with Gasteiger partial charge in [0, 0.05) is 0 Å². The van der Waals surface area contributed by atoms with Gasteiger partial charge in [-0.25, -0.2) is 0 Å². The van der Waals surface area contributed by atoms with E-state index < -0.39 is 5.41 Å². The van der Waals surface area contributed by atoms with Crippen molar-refractivity contribution in [3.63, 3.8) is 0 Å². The maximum Gasteiger partial charge on any atom is 0.119 e. The fourth-order valence-electron chi connectivity index (χ4n) is 7.81. The third kappa shape index (κ3) is 14.1. The van der Waals surface area contributed by atoms with E-state index >= 15 is 0 Å². The Labute approximate surface area is 388 Å². The van der Waals surface area contributed by atoms with Gasteiger partial charge in [0.05, 0.1) is 18.6 Å². The molecular formula is C61H66O4. The lowest BCUT2D eigenvalue weighted by Gasteiger charge is -2.34. The molecule has 1 aliphatic carbocycles. The summed E-state index contributed by atoms with van der Waals surface area (Å²) in [6.45, 7) is 9.15. The van der Waals surface area contributed by atoms with Gasteiger partial charge in [-0.1, -0.05) is 222 Å². The standard InChI is InChI=1S/C29H26O4.4C8H10/c30-17-19-32-23-13-9-21(10-14-23)29(22-11-15-24(16-12-22)33-20-18-31)27-7-3-1-5-25(27)26-6-2-4-8-28(26)29;4*1-2-8-6-4-3-5-7-8/h1-16,30-31H,17-20H2;4*3-7H,2H2,1H3. The van der Waals surface area contributed by atoms with E-state index in [2.05, 4.69) is 198 Å². The SMILES string of the molecule is CCc1ccccc1.CCc1ccccc1.CCc1ccccc1.CCc1ccccc1.OCCOc1ccc(C2(c3ccc(OCCO)cc3)c3ccccc3-c3ccccc32)cc1. The van der Waals surface area contributed by atoms with Crippen molar-refractivity contribution in [1.29, 1.82) is 0 Å². The fraction of sp³-hybridized carbons (Fsp3) is 0.213. The second-order valence-electron chi connectivity index (χ2n) is 15.4. The van der Waals surface area contributed by atoms with Gasteiger partial charge in [-0.05, 0) is 106 Å². The lowest BCUT2D eigenvalue weighted by Crippen LogP contribution is -2.28. The molecule has 0 aromatic heterocycles. The Balaban J connectivity index is 0.000000198. The van der Waals surface area contributed by atoms with Crippen LogP contribution in [-0.2, 0) is 31.1 Å². The van der Waals surface area contributed by atoms with E-state index in [1.807, 2.05) is 48.5 Å². The predicted octanol–water partition coefficient (Wildman–Crippen LogP) is 13.8. The number of hydrogen-bond donors (Lipinski definition) is 2. The summed E-state index contributed by atoms with van der Waals surface area (Å²) in [5.41, 5.74) is 12.4. The number of aryl methyl sites for hydroxylation is 4. The number of aliphatic hydroxyl groups excluding tert-OH is 2. The minimum Gasteiger partial charge on any atom is -0.491 e. The summed E-state index contributed by atoms with van der Waals surface area (Å²) in [7, 11) is 0. The molecule has 0 unspecified atom stereocenters. The van der Waals surface area contributed by atoms with Gasteiger partial charge < -0.3 is 19.7 Å². The first-order valence-corrected chi connectivity index (χ1v) is 23.1. The van der Waals surface area contributed by atoms with Gasteiger partial charge in [-0.2, -0.15) is 0 Å². The molecule has 4 nitrogen and oxygen atoms in total. The highest BCUT2D eigenvalue weighted by molar-refractivity contribution is 5.86. The van der Waals surface area contributed by atoms with E-state index in [-0.39, 0.29) is 26.4 Å². The Morgan fingerprint density at radius 3 is 0.831 bits per heavy atom. The minimum absolute atomic E-state index is 0.0167. The fourth-order valence-corrected chi connectivity index (χ4v) is 7.81. The Hall–Kier alpha value is -6.72. The van der Waals surface area contributed by atoms with Crippen LogP contribution in [0.2, 0.25) is 0 Å². The first-order valence-electron chi connectivity index (χ1n) is 23.1. The van der Waals surface area contributed by atoms with Crippen molar-refractivity contribution in [1.82, 2.24) is 0 Å².